The fourth-order valence-electron chi connectivity index (χ4n) is 4.35. The van der Waals surface area contributed by atoms with Gasteiger partial charge in [0.15, 0.2) is 0 Å². The third-order valence-electron chi connectivity index (χ3n) is 6.77. The smallest absolute Gasteiger partial charge is 0.323 e. The van der Waals surface area contributed by atoms with Crippen LogP contribution in [0.5, 0.6) is 0 Å². The molecule has 2 N–H and O–H groups in total. The second kappa shape index (κ2) is 13.0. The van der Waals surface area contributed by atoms with Gasteiger partial charge in [0.1, 0.15) is 5.00 Å². The molecule has 12 heteroatoms. The van der Waals surface area contributed by atoms with Gasteiger partial charge in [-0.05, 0) is 56.5 Å². The van der Waals surface area contributed by atoms with Crippen LogP contribution >= 0.6 is 11.3 Å². The number of benzene rings is 1. The minimum atomic E-state index is -3.67. The molecule has 1 aromatic carbocycles. The van der Waals surface area contributed by atoms with E-state index in [0.717, 1.165) is 29.8 Å². The fourth-order valence-corrected chi connectivity index (χ4v) is 7.10. The molecule has 1 aliphatic heterocycles. The molecule has 4 amide bonds. The number of nitrogens with zero attached hydrogens (tertiary/aromatic N) is 3. The van der Waals surface area contributed by atoms with E-state index in [0.29, 0.717) is 42.7 Å². The molecule has 0 atom stereocenters. The van der Waals surface area contributed by atoms with E-state index in [1.54, 1.807) is 21.0 Å². The Balaban J connectivity index is 1.88. The van der Waals surface area contributed by atoms with Crippen molar-refractivity contribution in [2.24, 2.45) is 0 Å². The number of hydrogen-bond donors (Lipinski definition) is 2. The van der Waals surface area contributed by atoms with Crippen LogP contribution in [0.3, 0.4) is 0 Å². The Labute approximate surface area is 235 Å². The van der Waals surface area contributed by atoms with Crippen LogP contribution in [0.4, 0.5) is 9.80 Å². The highest BCUT2D eigenvalue weighted by molar-refractivity contribution is 7.89. The predicted octanol–water partition coefficient (Wildman–Crippen LogP) is 3.99. The molecule has 10 nitrogen and oxygen atoms in total. The lowest BCUT2D eigenvalue weighted by Crippen LogP contribution is -2.40. The first-order valence-corrected chi connectivity index (χ1v) is 15.5. The third-order valence-corrected chi connectivity index (χ3v) is 9.89. The Morgan fingerprint density at radius 1 is 1.08 bits per heavy atom. The summed E-state index contributed by atoms with van der Waals surface area (Å²) in [6.07, 6.45) is 2.27. The molecule has 39 heavy (non-hydrogen) atoms. The second-order valence-electron chi connectivity index (χ2n) is 10.0. The molecule has 0 saturated carbocycles. The Bertz CT molecular complexity index is 1300. The van der Waals surface area contributed by atoms with Gasteiger partial charge < -0.3 is 10.2 Å². The zero-order valence-electron chi connectivity index (χ0n) is 23.5. The molecule has 2 heterocycles. The lowest BCUT2D eigenvalue weighted by atomic mass is 10.0. The van der Waals surface area contributed by atoms with Gasteiger partial charge in [-0.15, -0.1) is 11.3 Å². The van der Waals surface area contributed by atoms with Gasteiger partial charge in [0.25, 0.3) is 11.8 Å². The summed E-state index contributed by atoms with van der Waals surface area (Å²) in [5.41, 5.74) is 1.40. The number of anilines is 1. The van der Waals surface area contributed by atoms with Crippen LogP contribution in [-0.4, -0.2) is 80.1 Å². The van der Waals surface area contributed by atoms with Gasteiger partial charge in [0.2, 0.25) is 10.0 Å². The van der Waals surface area contributed by atoms with E-state index in [-0.39, 0.29) is 10.5 Å². The minimum absolute atomic E-state index is 0.125. The first-order chi connectivity index (χ1) is 18.4. The van der Waals surface area contributed by atoms with E-state index in [1.807, 2.05) is 6.92 Å². The monoisotopic (exact) mass is 577 g/mol. The first-order valence-electron chi connectivity index (χ1n) is 13.2. The van der Waals surface area contributed by atoms with Crippen molar-refractivity contribution in [1.82, 2.24) is 19.4 Å². The highest BCUT2D eigenvalue weighted by Gasteiger charge is 2.31. The molecule has 0 aliphatic carbocycles. The summed E-state index contributed by atoms with van der Waals surface area (Å²) in [7, 11) is -0.578. The molecule has 2 aromatic rings. The number of fused-ring (bicyclic) bond motifs is 1. The van der Waals surface area contributed by atoms with Crippen molar-refractivity contribution in [3.8, 4) is 0 Å². The third kappa shape index (κ3) is 7.05. The number of rotatable bonds is 10. The van der Waals surface area contributed by atoms with Crippen molar-refractivity contribution in [3.05, 3.63) is 45.8 Å². The summed E-state index contributed by atoms with van der Waals surface area (Å²) in [5.74, 6) is -1.03. The number of hydrogen-bond acceptors (Lipinski definition) is 7. The lowest BCUT2D eigenvalue weighted by molar-refractivity contribution is 0.0956. The Morgan fingerprint density at radius 2 is 1.74 bits per heavy atom. The zero-order chi connectivity index (χ0) is 28.9. The Morgan fingerprint density at radius 3 is 2.31 bits per heavy atom. The molecule has 214 valence electrons. The molecular weight excluding hydrogens is 538 g/mol. The topological polar surface area (TPSA) is 119 Å². The number of nitrogens with one attached hydrogen (secondary N) is 2. The van der Waals surface area contributed by atoms with Crippen LogP contribution < -0.4 is 10.6 Å². The maximum Gasteiger partial charge on any atom is 0.323 e. The van der Waals surface area contributed by atoms with E-state index in [4.69, 9.17) is 0 Å². The Kier molecular flexibility index (Phi) is 10.3. The van der Waals surface area contributed by atoms with E-state index < -0.39 is 27.9 Å². The number of imide groups is 1. The maximum atomic E-state index is 13.2. The maximum absolute atomic E-state index is 13.2. The molecule has 0 spiro atoms. The minimum Gasteiger partial charge on any atom is -0.331 e. The van der Waals surface area contributed by atoms with Crippen molar-refractivity contribution in [2.75, 3.05) is 39.0 Å². The van der Waals surface area contributed by atoms with Crippen LogP contribution in [0.25, 0.3) is 0 Å². The van der Waals surface area contributed by atoms with E-state index in [1.165, 1.54) is 44.8 Å². The van der Waals surface area contributed by atoms with Crippen LogP contribution in [0.1, 0.15) is 71.7 Å². The standard InChI is InChI=1S/C27H39N5O5S2/c1-7-9-15-32(8-2)39(36,37)20-12-10-19(11-13-20)24(33)28-26-23(25(34)29-27(35)30(5)6)21-14-16-31(18(3)4)17-22(21)38-26/h10-13,18H,7-9,14-17H2,1-6H3,(H,28,33)(H,29,34,35). The number of thiophene rings is 1. The van der Waals surface area contributed by atoms with Gasteiger partial charge in [-0.2, -0.15) is 4.31 Å². The molecule has 1 aliphatic rings. The predicted molar refractivity (Wildman–Crippen MR) is 154 cm³/mol. The second-order valence-corrected chi connectivity index (χ2v) is 13.0. The van der Waals surface area contributed by atoms with Gasteiger partial charge in [-0.1, -0.05) is 20.3 Å². The largest absolute Gasteiger partial charge is 0.331 e. The van der Waals surface area contributed by atoms with Gasteiger partial charge in [-0.3, -0.25) is 19.8 Å². The molecule has 0 saturated heterocycles. The summed E-state index contributed by atoms with van der Waals surface area (Å²) < 4.78 is 27.5. The number of carbonyl (C=O) groups excluding carboxylic acids is 3. The van der Waals surface area contributed by atoms with Gasteiger partial charge >= 0.3 is 6.03 Å². The van der Waals surface area contributed by atoms with E-state index in [9.17, 15) is 22.8 Å². The first kappa shape index (κ1) is 30.7. The summed E-state index contributed by atoms with van der Waals surface area (Å²) in [4.78, 5) is 43.3. The summed E-state index contributed by atoms with van der Waals surface area (Å²) in [6.45, 7) is 10.2. The van der Waals surface area contributed by atoms with E-state index >= 15 is 0 Å². The van der Waals surface area contributed by atoms with Crippen molar-refractivity contribution in [1.29, 1.82) is 0 Å². The van der Waals surface area contributed by atoms with Gasteiger partial charge in [0, 0.05) is 56.8 Å². The molecule has 1 aromatic heterocycles. The van der Waals surface area contributed by atoms with Crippen LogP contribution in [0.2, 0.25) is 0 Å². The molecule has 0 bridgehead atoms. The lowest BCUT2D eigenvalue weighted by Gasteiger charge is -2.30. The summed E-state index contributed by atoms with van der Waals surface area (Å²) in [5, 5.41) is 5.61. The highest BCUT2D eigenvalue weighted by Crippen LogP contribution is 2.38. The normalized spacial score (nSPS) is 13.8. The SMILES string of the molecule is CCCCN(CC)S(=O)(=O)c1ccc(C(=O)Nc2sc3c(c2C(=O)NC(=O)N(C)C)CCN(C(C)C)C3)cc1. The van der Waals surface area contributed by atoms with Gasteiger partial charge in [-0.25, -0.2) is 13.2 Å². The van der Waals surface area contributed by atoms with Crippen molar-refractivity contribution < 1.29 is 22.8 Å². The van der Waals surface area contributed by atoms with Crippen molar-refractivity contribution >= 4 is 44.2 Å². The molecular formula is C27H39N5O5S2. The van der Waals surface area contributed by atoms with E-state index in [2.05, 4.69) is 29.4 Å². The summed E-state index contributed by atoms with van der Waals surface area (Å²) in [6, 6.07) is 5.59. The molecule has 0 fully saturated rings. The summed E-state index contributed by atoms with van der Waals surface area (Å²) >= 11 is 1.33. The quantitative estimate of drug-likeness (QED) is 0.441. The Hall–Kier alpha value is -2.80. The van der Waals surface area contributed by atoms with Crippen molar-refractivity contribution in [3.63, 3.8) is 0 Å². The average Bonchev–Trinajstić information content (AvgIpc) is 3.25. The average molecular weight is 578 g/mol. The number of carbonyl (C=O) groups is 3. The number of urea groups is 1. The zero-order valence-corrected chi connectivity index (χ0v) is 25.2. The number of amides is 4. The number of unbranched alkanes of at least 4 members (excludes halogenated alkanes) is 1. The molecule has 0 unspecified atom stereocenters. The van der Waals surface area contributed by atoms with Crippen LogP contribution in [-0.2, 0) is 23.0 Å². The van der Waals surface area contributed by atoms with Gasteiger partial charge in [0.05, 0.1) is 10.5 Å². The number of sulfonamides is 1. The highest BCUT2D eigenvalue weighted by atomic mass is 32.2. The van der Waals surface area contributed by atoms with Crippen LogP contribution in [0.15, 0.2) is 29.2 Å². The van der Waals surface area contributed by atoms with Crippen LogP contribution in [0, 0.1) is 0 Å². The fraction of sp³-hybridized carbons (Fsp3) is 0.519. The molecule has 0 radical (unpaired) electrons. The van der Waals surface area contributed by atoms with Crippen molar-refractivity contribution in [2.45, 2.75) is 64.4 Å². The molecule has 3 rings (SSSR count).